The first kappa shape index (κ1) is 17.5. The summed E-state index contributed by atoms with van der Waals surface area (Å²) in [5, 5.41) is 3.84. The number of aromatic nitrogens is 1. The number of hydrogen-bond donors (Lipinski definition) is 1. The SMILES string of the molecule is C=CCCCN(C)C(=NCCc1ccc(Cl)nc1)NCC. The normalized spacial score (nSPS) is 11.3. The molecule has 1 aromatic rings. The number of hydrogen-bond acceptors (Lipinski definition) is 2. The van der Waals surface area contributed by atoms with E-state index < -0.39 is 0 Å². The van der Waals surface area contributed by atoms with Gasteiger partial charge in [-0.05, 0) is 37.8 Å². The van der Waals surface area contributed by atoms with E-state index in [4.69, 9.17) is 11.6 Å². The van der Waals surface area contributed by atoms with Crippen LogP contribution in [-0.2, 0) is 6.42 Å². The zero-order valence-electron chi connectivity index (χ0n) is 13.0. The van der Waals surface area contributed by atoms with Gasteiger partial charge in [-0.1, -0.05) is 23.7 Å². The smallest absolute Gasteiger partial charge is 0.193 e. The van der Waals surface area contributed by atoms with Gasteiger partial charge in [-0.2, -0.15) is 0 Å². The number of halogens is 1. The van der Waals surface area contributed by atoms with Crippen LogP contribution in [0, 0.1) is 0 Å². The van der Waals surface area contributed by atoms with E-state index in [0.29, 0.717) is 5.15 Å². The van der Waals surface area contributed by atoms with Crippen molar-refractivity contribution < 1.29 is 0 Å². The molecule has 1 aromatic heterocycles. The Morgan fingerprint density at radius 3 is 2.95 bits per heavy atom. The minimum Gasteiger partial charge on any atom is -0.357 e. The minimum absolute atomic E-state index is 0.526. The van der Waals surface area contributed by atoms with Gasteiger partial charge in [-0.25, -0.2) is 4.98 Å². The molecule has 0 aliphatic heterocycles. The standard InChI is InChI=1S/C16H25ClN4/c1-4-6-7-12-21(3)16(18-5-2)19-11-10-14-8-9-15(17)20-13-14/h4,8-9,13H,1,5-7,10-12H2,2-3H3,(H,18,19). The summed E-state index contributed by atoms with van der Waals surface area (Å²) in [7, 11) is 2.06. The molecule has 21 heavy (non-hydrogen) atoms. The van der Waals surface area contributed by atoms with Gasteiger partial charge in [0.1, 0.15) is 5.15 Å². The van der Waals surface area contributed by atoms with Crippen LogP contribution in [0.4, 0.5) is 0 Å². The molecule has 0 unspecified atom stereocenters. The lowest BCUT2D eigenvalue weighted by Gasteiger charge is -2.21. The Kier molecular flexibility index (Phi) is 8.51. The first-order valence-corrected chi connectivity index (χ1v) is 7.76. The van der Waals surface area contributed by atoms with Crippen LogP contribution in [-0.4, -0.2) is 42.5 Å². The topological polar surface area (TPSA) is 40.5 Å². The lowest BCUT2D eigenvalue weighted by atomic mass is 10.2. The molecule has 0 aliphatic rings. The van der Waals surface area contributed by atoms with Crippen LogP contribution < -0.4 is 5.32 Å². The van der Waals surface area contributed by atoms with Gasteiger partial charge in [-0.15, -0.1) is 6.58 Å². The molecule has 0 aromatic carbocycles. The molecule has 0 bridgehead atoms. The molecule has 0 saturated carbocycles. The predicted octanol–water partition coefficient (Wildman–Crippen LogP) is 3.14. The van der Waals surface area contributed by atoms with Gasteiger partial charge in [0.2, 0.25) is 0 Å². The van der Waals surface area contributed by atoms with Crippen molar-refractivity contribution in [3.63, 3.8) is 0 Å². The zero-order chi connectivity index (χ0) is 15.5. The molecule has 1 rings (SSSR count). The predicted molar refractivity (Wildman–Crippen MR) is 91.0 cm³/mol. The minimum atomic E-state index is 0.526. The number of pyridine rings is 1. The van der Waals surface area contributed by atoms with Crippen molar-refractivity contribution in [3.8, 4) is 0 Å². The molecular weight excluding hydrogens is 284 g/mol. The van der Waals surface area contributed by atoms with Crippen LogP contribution in [0.1, 0.15) is 25.3 Å². The van der Waals surface area contributed by atoms with Gasteiger partial charge >= 0.3 is 0 Å². The molecule has 1 N–H and O–H groups in total. The molecule has 0 spiro atoms. The van der Waals surface area contributed by atoms with Crippen molar-refractivity contribution in [2.24, 2.45) is 4.99 Å². The molecule has 116 valence electrons. The largest absolute Gasteiger partial charge is 0.357 e. The molecule has 0 atom stereocenters. The second-order valence-corrected chi connectivity index (χ2v) is 5.21. The van der Waals surface area contributed by atoms with Gasteiger partial charge in [0.05, 0.1) is 0 Å². The first-order valence-electron chi connectivity index (χ1n) is 7.38. The fourth-order valence-electron chi connectivity index (χ4n) is 1.89. The van der Waals surface area contributed by atoms with E-state index in [1.54, 1.807) is 6.20 Å². The average Bonchev–Trinajstić information content (AvgIpc) is 2.48. The highest BCUT2D eigenvalue weighted by molar-refractivity contribution is 6.29. The molecular formula is C16H25ClN4. The Labute approximate surface area is 132 Å². The van der Waals surface area contributed by atoms with Crippen LogP contribution in [0.5, 0.6) is 0 Å². The van der Waals surface area contributed by atoms with E-state index in [0.717, 1.165) is 50.4 Å². The summed E-state index contributed by atoms with van der Waals surface area (Å²) in [5.41, 5.74) is 1.15. The van der Waals surface area contributed by atoms with Crippen LogP contribution in [0.25, 0.3) is 0 Å². The molecule has 5 heteroatoms. The Hall–Kier alpha value is -1.55. The van der Waals surface area contributed by atoms with Crippen molar-refractivity contribution >= 4 is 17.6 Å². The molecule has 0 aliphatic carbocycles. The van der Waals surface area contributed by atoms with E-state index in [9.17, 15) is 0 Å². The summed E-state index contributed by atoms with van der Waals surface area (Å²) in [6, 6.07) is 3.80. The van der Waals surface area contributed by atoms with Crippen LogP contribution >= 0.6 is 11.6 Å². The van der Waals surface area contributed by atoms with Crippen LogP contribution in [0.2, 0.25) is 5.15 Å². The monoisotopic (exact) mass is 308 g/mol. The zero-order valence-corrected chi connectivity index (χ0v) is 13.7. The van der Waals surface area contributed by atoms with Gasteiger partial charge in [0, 0.05) is 32.9 Å². The number of unbranched alkanes of at least 4 members (excludes halogenated alkanes) is 1. The third-order valence-corrected chi connectivity index (χ3v) is 3.27. The third-order valence-electron chi connectivity index (χ3n) is 3.05. The molecule has 0 amide bonds. The van der Waals surface area contributed by atoms with E-state index in [-0.39, 0.29) is 0 Å². The lowest BCUT2D eigenvalue weighted by Crippen LogP contribution is -2.39. The second kappa shape index (κ2) is 10.2. The Morgan fingerprint density at radius 2 is 2.33 bits per heavy atom. The van der Waals surface area contributed by atoms with Crippen molar-refractivity contribution in [1.82, 2.24) is 15.2 Å². The fourth-order valence-corrected chi connectivity index (χ4v) is 2.01. The van der Waals surface area contributed by atoms with Gasteiger partial charge in [-0.3, -0.25) is 4.99 Å². The number of nitrogens with one attached hydrogen (secondary N) is 1. The van der Waals surface area contributed by atoms with Crippen molar-refractivity contribution in [2.75, 3.05) is 26.7 Å². The van der Waals surface area contributed by atoms with E-state index in [1.165, 1.54) is 0 Å². The molecule has 1 heterocycles. The van der Waals surface area contributed by atoms with Crippen molar-refractivity contribution in [3.05, 3.63) is 41.7 Å². The first-order chi connectivity index (χ1) is 10.2. The highest BCUT2D eigenvalue weighted by atomic mass is 35.5. The Balaban J connectivity index is 2.50. The third kappa shape index (κ3) is 7.14. The number of aliphatic imine (C=N–C) groups is 1. The Bertz CT molecular complexity index is 442. The van der Waals surface area contributed by atoms with Gasteiger partial charge < -0.3 is 10.2 Å². The Morgan fingerprint density at radius 1 is 1.52 bits per heavy atom. The molecule has 0 radical (unpaired) electrons. The number of allylic oxidation sites excluding steroid dienone is 1. The summed E-state index contributed by atoms with van der Waals surface area (Å²) >= 11 is 5.78. The van der Waals surface area contributed by atoms with Gasteiger partial charge in [0.25, 0.3) is 0 Å². The van der Waals surface area contributed by atoms with Crippen molar-refractivity contribution in [1.29, 1.82) is 0 Å². The van der Waals surface area contributed by atoms with E-state index in [2.05, 4.69) is 40.7 Å². The lowest BCUT2D eigenvalue weighted by molar-refractivity contribution is 0.470. The maximum absolute atomic E-state index is 5.78. The molecule has 4 nitrogen and oxygen atoms in total. The molecule has 0 fully saturated rings. The fraction of sp³-hybridized carbons (Fsp3) is 0.500. The maximum Gasteiger partial charge on any atom is 0.193 e. The van der Waals surface area contributed by atoms with E-state index >= 15 is 0 Å². The number of nitrogens with zero attached hydrogens (tertiary/aromatic N) is 3. The number of guanidine groups is 1. The summed E-state index contributed by atoms with van der Waals surface area (Å²) < 4.78 is 0. The summed E-state index contributed by atoms with van der Waals surface area (Å²) in [6.07, 6.45) is 6.73. The van der Waals surface area contributed by atoms with Crippen LogP contribution in [0.15, 0.2) is 36.0 Å². The average molecular weight is 309 g/mol. The second-order valence-electron chi connectivity index (χ2n) is 4.83. The van der Waals surface area contributed by atoms with Crippen molar-refractivity contribution in [2.45, 2.75) is 26.2 Å². The summed E-state index contributed by atoms with van der Waals surface area (Å²) in [6.45, 7) is 8.40. The summed E-state index contributed by atoms with van der Waals surface area (Å²) in [4.78, 5) is 10.9. The van der Waals surface area contributed by atoms with E-state index in [1.807, 2.05) is 18.2 Å². The van der Waals surface area contributed by atoms with Gasteiger partial charge in [0.15, 0.2) is 5.96 Å². The highest BCUT2D eigenvalue weighted by Crippen LogP contribution is 2.06. The molecule has 0 saturated heterocycles. The summed E-state index contributed by atoms with van der Waals surface area (Å²) in [5.74, 6) is 0.948. The highest BCUT2D eigenvalue weighted by Gasteiger charge is 2.04. The number of rotatable bonds is 8. The quantitative estimate of drug-likeness (QED) is 0.264. The van der Waals surface area contributed by atoms with Crippen LogP contribution in [0.3, 0.4) is 0 Å². The maximum atomic E-state index is 5.78.